The third-order valence-electron chi connectivity index (χ3n) is 0. The zero-order valence-electron chi connectivity index (χ0n) is 6.36. The molecule has 2 heteroatoms. The van der Waals surface area contributed by atoms with Crippen molar-refractivity contribution >= 4 is 0 Å². The van der Waals surface area contributed by atoms with Crippen molar-refractivity contribution in [3.05, 3.63) is 0 Å². The summed E-state index contributed by atoms with van der Waals surface area (Å²) in [6.45, 7) is 8.55. The van der Waals surface area contributed by atoms with E-state index in [1.165, 1.54) is 0 Å². The van der Waals surface area contributed by atoms with E-state index in [0.717, 1.165) is 6.54 Å². The zero-order valence-corrected chi connectivity index (χ0v) is 6.36. The van der Waals surface area contributed by atoms with Crippen molar-refractivity contribution in [2.75, 3.05) is 6.54 Å². The van der Waals surface area contributed by atoms with Gasteiger partial charge < -0.3 is 11.5 Å². The summed E-state index contributed by atoms with van der Waals surface area (Å²) in [5.41, 5.74) is 10.2. The van der Waals surface area contributed by atoms with Crippen molar-refractivity contribution in [2.24, 2.45) is 11.5 Å². The minimum atomic E-state index is 0. The maximum Gasteiger partial charge on any atom is 0.00686 e. The van der Waals surface area contributed by atoms with E-state index in [0.29, 0.717) is 0 Å². The summed E-state index contributed by atoms with van der Waals surface area (Å²) in [6, 6.07) is 0. The van der Waals surface area contributed by atoms with E-state index >= 15 is 0 Å². The molecular weight excluding hydrogens is 100 g/mol. The second-order valence-electron chi connectivity index (χ2n) is 2.77. The third kappa shape index (κ3) is 22400. The summed E-state index contributed by atoms with van der Waals surface area (Å²) < 4.78 is 0. The highest BCUT2D eigenvalue weighted by atomic mass is 14.7. The molecule has 0 aromatic heterocycles. The van der Waals surface area contributed by atoms with E-state index in [9.17, 15) is 0 Å². The molecule has 0 saturated heterocycles. The predicted octanol–water partition coefficient (Wildman–Crippen LogP) is 0.709. The molecule has 52 valence electrons. The van der Waals surface area contributed by atoms with E-state index < -0.39 is 0 Å². The lowest BCUT2D eigenvalue weighted by atomic mass is 10.1. The lowest BCUT2D eigenvalue weighted by Gasteiger charge is -2.06. The second-order valence-corrected chi connectivity index (χ2v) is 2.77. The Balaban J connectivity index is 0. The highest BCUT2D eigenvalue weighted by molar-refractivity contribution is 4.60. The molecule has 0 unspecified atom stereocenters. The number of rotatable bonds is 0. The van der Waals surface area contributed by atoms with Gasteiger partial charge in [0.05, 0.1) is 0 Å². The Morgan fingerprint density at radius 2 is 1.25 bits per heavy atom. The van der Waals surface area contributed by atoms with Gasteiger partial charge in [-0.05, 0) is 27.3 Å². The van der Waals surface area contributed by atoms with Crippen LogP contribution in [-0.2, 0) is 0 Å². The molecule has 0 atom stereocenters. The van der Waals surface area contributed by atoms with Crippen LogP contribution in [0.1, 0.15) is 27.7 Å². The van der Waals surface area contributed by atoms with E-state index in [1.54, 1.807) is 0 Å². The molecule has 8 heavy (non-hydrogen) atoms. The Morgan fingerprint density at radius 3 is 1.25 bits per heavy atom. The summed E-state index contributed by atoms with van der Waals surface area (Å²) in [7, 11) is 0. The van der Waals surface area contributed by atoms with E-state index in [4.69, 9.17) is 11.5 Å². The van der Waals surface area contributed by atoms with Crippen LogP contribution in [0.2, 0.25) is 0 Å². The molecule has 0 aromatic carbocycles. The molecular formula is C6H18N2. The van der Waals surface area contributed by atoms with Crippen LogP contribution in [0.5, 0.6) is 0 Å². The third-order valence-corrected chi connectivity index (χ3v) is 0. The van der Waals surface area contributed by atoms with Gasteiger partial charge in [-0.15, -0.1) is 0 Å². The SMILES string of the molecule is CC(C)(C)N.CCN. The minimum absolute atomic E-state index is 0. The molecule has 2 nitrogen and oxygen atoms in total. The molecule has 0 spiro atoms. The van der Waals surface area contributed by atoms with Crippen LogP contribution in [0.25, 0.3) is 0 Å². The molecule has 4 N–H and O–H groups in total. The van der Waals surface area contributed by atoms with Gasteiger partial charge in [0, 0.05) is 5.54 Å². The number of hydrogen-bond acceptors (Lipinski definition) is 2. The second kappa shape index (κ2) is 5.06. The van der Waals surface area contributed by atoms with Gasteiger partial charge in [0.15, 0.2) is 0 Å². The first-order valence-corrected chi connectivity index (χ1v) is 2.90. The normalized spacial score (nSPS) is 9.75. The molecule has 0 saturated carbocycles. The molecule has 0 aliphatic rings. The summed E-state index contributed by atoms with van der Waals surface area (Å²) in [5.74, 6) is 0. The van der Waals surface area contributed by atoms with Gasteiger partial charge in [-0.25, -0.2) is 0 Å². The fourth-order valence-electron chi connectivity index (χ4n) is 0. The maximum atomic E-state index is 5.35. The molecule has 0 aromatic rings. The van der Waals surface area contributed by atoms with Crippen molar-refractivity contribution in [1.29, 1.82) is 0 Å². The first-order valence-electron chi connectivity index (χ1n) is 2.90. The van der Waals surface area contributed by atoms with Crippen LogP contribution in [-0.4, -0.2) is 12.1 Å². The van der Waals surface area contributed by atoms with Gasteiger partial charge in [-0.3, -0.25) is 0 Å². The topological polar surface area (TPSA) is 52.0 Å². The van der Waals surface area contributed by atoms with Crippen LogP contribution in [0.15, 0.2) is 0 Å². The monoisotopic (exact) mass is 118 g/mol. The molecule has 0 bridgehead atoms. The fourth-order valence-corrected chi connectivity index (χ4v) is 0. The minimum Gasteiger partial charge on any atom is -0.331 e. The van der Waals surface area contributed by atoms with Crippen LogP contribution in [0, 0.1) is 0 Å². The van der Waals surface area contributed by atoms with Crippen molar-refractivity contribution in [1.82, 2.24) is 0 Å². The summed E-state index contributed by atoms with van der Waals surface area (Å²) in [4.78, 5) is 0. The summed E-state index contributed by atoms with van der Waals surface area (Å²) in [5, 5.41) is 0. The standard InChI is InChI=1S/C4H11N.C2H7N/c1-4(2,3)5;1-2-3/h5H2,1-3H3;2-3H2,1H3. The Bertz CT molecular complexity index is 30.3. The Hall–Kier alpha value is -0.0800. The van der Waals surface area contributed by atoms with E-state index in [1.807, 2.05) is 27.7 Å². The summed E-state index contributed by atoms with van der Waals surface area (Å²) in [6.07, 6.45) is 0. The highest BCUT2D eigenvalue weighted by Crippen LogP contribution is 1.88. The average molecular weight is 118 g/mol. The maximum absolute atomic E-state index is 5.35. The molecule has 0 fully saturated rings. The Morgan fingerprint density at radius 1 is 1.25 bits per heavy atom. The smallest absolute Gasteiger partial charge is 0.00686 e. The van der Waals surface area contributed by atoms with Crippen LogP contribution in [0.4, 0.5) is 0 Å². The number of hydrogen-bond donors (Lipinski definition) is 2. The van der Waals surface area contributed by atoms with Crippen molar-refractivity contribution in [2.45, 2.75) is 33.2 Å². The summed E-state index contributed by atoms with van der Waals surface area (Å²) >= 11 is 0. The van der Waals surface area contributed by atoms with Crippen molar-refractivity contribution in [3.8, 4) is 0 Å². The number of nitrogens with two attached hydrogens (primary N) is 2. The Kier molecular flexibility index (Phi) is 6.85. The fraction of sp³-hybridized carbons (Fsp3) is 1.00. The average Bonchev–Trinajstić information content (AvgIpc) is 1.27. The Labute approximate surface area is 52.2 Å². The molecule has 0 heterocycles. The van der Waals surface area contributed by atoms with Gasteiger partial charge in [-0.2, -0.15) is 0 Å². The molecule has 0 aliphatic carbocycles. The molecule has 0 radical (unpaired) electrons. The molecule has 0 amide bonds. The van der Waals surface area contributed by atoms with Crippen molar-refractivity contribution < 1.29 is 0 Å². The van der Waals surface area contributed by atoms with Gasteiger partial charge in [0.1, 0.15) is 0 Å². The van der Waals surface area contributed by atoms with E-state index in [-0.39, 0.29) is 5.54 Å². The molecule has 0 aliphatic heterocycles. The van der Waals surface area contributed by atoms with Crippen LogP contribution < -0.4 is 11.5 Å². The van der Waals surface area contributed by atoms with Gasteiger partial charge >= 0.3 is 0 Å². The lowest BCUT2D eigenvalue weighted by Crippen LogP contribution is -2.26. The van der Waals surface area contributed by atoms with Crippen molar-refractivity contribution in [3.63, 3.8) is 0 Å². The van der Waals surface area contributed by atoms with E-state index in [2.05, 4.69) is 0 Å². The van der Waals surface area contributed by atoms with Gasteiger partial charge in [0.25, 0.3) is 0 Å². The van der Waals surface area contributed by atoms with Crippen LogP contribution in [0.3, 0.4) is 0 Å². The zero-order chi connectivity index (χ0) is 7.21. The molecule has 0 rings (SSSR count). The highest BCUT2D eigenvalue weighted by Gasteiger charge is 1.95. The van der Waals surface area contributed by atoms with Crippen LogP contribution >= 0.6 is 0 Å². The lowest BCUT2D eigenvalue weighted by molar-refractivity contribution is 0.580. The first kappa shape index (κ1) is 10.8. The van der Waals surface area contributed by atoms with Gasteiger partial charge in [0.2, 0.25) is 0 Å². The quantitative estimate of drug-likeness (QED) is 0.492. The first-order chi connectivity index (χ1) is 3.41. The predicted molar refractivity (Wildman–Crippen MR) is 38.7 cm³/mol. The largest absolute Gasteiger partial charge is 0.331 e. The van der Waals surface area contributed by atoms with Gasteiger partial charge in [-0.1, -0.05) is 6.92 Å².